The predicted molar refractivity (Wildman–Crippen MR) is 83.4 cm³/mol. The van der Waals surface area contributed by atoms with Crippen molar-refractivity contribution < 1.29 is 9.47 Å². The van der Waals surface area contributed by atoms with Gasteiger partial charge >= 0.3 is 0 Å². The zero-order chi connectivity index (χ0) is 14.7. The summed E-state index contributed by atoms with van der Waals surface area (Å²) in [5, 5.41) is 0.483. The van der Waals surface area contributed by atoms with Crippen molar-refractivity contribution in [2.45, 2.75) is 24.0 Å². The lowest BCUT2D eigenvalue weighted by molar-refractivity contribution is 0.297. The first-order valence-corrected chi connectivity index (χ1v) is 8.09. The summed E-state index contributed by atoms with van der Waals surface area (Å²) in [5.74, 6) is 3.02. The van der Waals surface area contributed by atoms with Crippen molar-refractivity contribution in [3.05, 3.63) is 40.9 Å². The van der Waals surface area contributed by atoms with E-state index >= 15 is 0 Å². The quantitative estimate of drug-likeness (QED) is 0.633. The van der Waals surface area contributed by atoms with E-state index in [9.17, 15) is 0 Å². The van der Waals surface area contributed by atoms with Gasteiger partial charge in [-0.1, -0.05) is 11.6 Å². The van der Waals surface area contributed by atoms with Crippen LogP contribution in [0.4, 0.5) is 0 Å². The second-order valence-corrected chi connectivity index (χ2v) is 6.13. The maximum Gasteiger partial charge on any atom is 0.162 e. The summed E-state index contributed by atoms with van der Waals surface area (Å²) in [5.41, 5.74) is 0.879. The van der Waals surface area contributed by atoms with Gasteiger partial charge in [-0.3, -0.25) is 0 Å². The third kappa shape index (κ3) is 3.80. The van der Waals surface area contributed by atoms with E-state index in [2.05, 4.69) is 9.97 Å². The second kappa shape index (κ2) is 6.54. The first kappa shape index (κ1) is 14.5. The van der Waals surface area contributed by atoms with Crippen LogP contribution in [0.1, 0.15) is 17.9 Å². The molecule has 0 atom stereocenters. The third-order valence-corrected chi connectivity index (χ3v) is 4.14. The summed E-state index contributed by atoms with van der Waals surface area (Å²) in [6.07, 6.45) is 0.910. The van der Waals surface area contributed by atoms with Crippen molar-refractivity contribution in [3.8, 4) is 11.5 Å². The lowest BCUT2D eigenvalue weighted by Crippen LogP contribution is -1.97. The first-order chi connectivity index (χ1) is 10.2. The standard InChI is InChI=1S/C15H15ClN2O2S/c1-10-7-14(16)18-15(17-10)9-21-11-3-4-12-13(8-11)20-6-2-5-19-12/h3-4,7-8H,2,5-6,9H2,1H3. The lowest BCUT2D eigenvalue weighted by Gasteiger charge is -2.09. The van der Waals surface area contributed by atoms with Gasteiger partial charge in [0.05, 0.1) is 19.0 Å². The first-order valence-electron chi connectivity index (χ1n) is 6.73. The van der Waals surface area contributed by atoms with E-state index in [1.165, 1.54) is 0 Å². The van der Waals surface area contributed by atoms with E-state index in [1.54, 1.807) is 17.8 Å². The highest BCUT2D eigenvalue weighted by Crippen LogP contribution is 2.34. The molecule has 0 unspecified atom stereocenters. The number of halogens is 1. The molecule has 0 aliphatic carbocycles. The molecule has 1 aliphatic rings. The molecule has 110 valence electrons. The second-order valence-electron chi connectivity index (χ2n) is 4.70. The molecule has 1 aromatic carbocycles. The number of hydrogen-bond acceptors (Lipinski definition) is 5. The number of thioether (sulfide) groups is 1. The van der Waals surface area contributed by atoms with Crippen molar-refractivity contribution in [2.24, 2.45) is 0 Å². The van der Waals surface area contributed by atoms with E-state index in [0.717, 1.165) is 34.3 Å². The van der Waals surface area contributed by atoms with Crippen LogP contribution in [-0.4, -0.2) is 23.2 Å². The van der Waals surface area contributed by atoms with Crippen LogP contribution in [0.5, 0.6) is 11.5 Å². The van der Waals surface area contributed by atoms with Gasteiger partial charge in [-0.05, 0) is 31.2 Å². The molecule has 0 saturated heterocycles. The van der Waals surface area contributed by atoms with E-state index in [0.29, 0.717) is 24.1 Å². The van der Waals surface area contributed by atoms with Crippen LogP contribution >= 0.6 is 23.4 Å². The van der Waals surface area contributed by atoms with Crippen molar-refractivity contribution in [2.75, 3.05) is 13.2 Å². The van der Waals surface area contributed by atoms with Gasteiger partial charge in [0.25, 0.3) is 0 Å². The monoisotopic (exact) mass is 322 g/mol. The van der Waals surface area contributed by atoms with Crippen molar-refractivity contribution in [3.63, 3.8) is 0 Å². The Hall–Kier alpha value is -1.46. The van der Waals surface area contributed by atoms with Crippen LogP contribution in [0.25, 0.3) is 0 Å². The van der Waals surface area contributed by atoms with Gasteiger partial charge in [-0.2, -0.15) is 0 Å². The molecule has 0 spiro atoms. The van der Waals surface area contributed by atoms with Crippen LogP contribution in [-0.2, 0) is 5.75 Å². The van der Waals surface area contributed by atoms with Gasteiger partial charge < -0.3 is 9.47 Å². The molecular weight excluding hydrogens is 308 g/mol. The summed E-state index contributed by atoms with van der Waals surface area (Å²) in [4.78, 5) is 9.71. The highest BCUT2D eigenvalue weighted by atomic mass is 35.5. The lowest BCUT2D eigenvalue weighted by atomic mass is 10.3. The Bertz CT molecular complexity index is 631. The fourth-order valence-electron chi connectivity index (χ4n) is 2.03. The molecule has 0 saturated carbocycles. The van der Waals surface area contributed by atoms with Crippen molar-refractivity contribution in [1.82, 2.24) is 9.97 Å². The normalized spacial score (nSPS) is 13.8. The topological polar surface area (TPSA) is 44.2 Å². The maximum atomic E-state index is 5.95. The van der Waals surface area contributed by atoms with E-state index in [4.69, 9.17) is 21.1 Å². The predicted octanol–water partition coefficient (Wildman–Crippen LogP) is 3.89. The van der Waals surface area contributed by atoms with Gasteiger partial charge in [-0.15, -0.1) is 11.8 Å². The highest BCUT2D eigenvalue weighted by molar-refractivity contribution is 7.98. The Morgan fingerprint density at radius 2 is 1.95 bits per heavy atom. The fourth-order valence-corrected chi connectivity index (χ4v) is 3.07. The summed E-state index contributed by atoms with van der Waals surface area (Å²) in [6, 6.07) is 7.73. The molecule has 0 amide bonds. The van der Waals surface area contributed by atoms with Gasteiger partial charge in [0, 0.05) is 17.0 Å². The molecule has 21 heavy (non-hydrogen) atoms. The SMILES string of the molecule is Cc1cc(Cl)nc(CSc2ccc3c(c2)OCCCO3)n1. The number of ether oxygens (including phenoxy) is 2. The zero-order valence-corrected chi connectivity index (χ0v) is 13.2. The molecule has 4 nitrogen and oxygen atoms in total. The molecule has 0 fully saturated rings. The molecule has 3 rings (SSSR count). The smallest absolute Gasteiger partial charge is 0.162 e. The zero-order valence-electron chi connectivity index (χ0n) is 11.6. The number of nitrogens with zero attached hydrogens (tertiary/aromatic N) is 2. The minimum Gasteiger partial charge on any atom is -0.490 e. The number of hydrogen-bond donors (Lipinski definition) is 0. The number of rotatable bonds is 3. The average molecular weight is 323 g/mol. The molecule has 6 heteroatoms. The largest absolute Gasteiger partial charge is 0.490 e. The van der Waals surface area contributed by atoms with E-state index in [-0.39, 0.29) is 0 Å². The van der Waals surface area contributed by atoms with Crippen LogP contribution in [0.15, 0.2) is 29.2 Å². The molecule has 0 radical (unpaired) electrons. The Balaban J connectivity index is 1.71. The summed E-state index contributed by atoms with van der Waals surface area (Å²) < 4.78 is 11.3. The third-order valence-electron chi connectivity index (χ3n) is 2.96. The van der Waals surface area contributed by atoms with E-state index < -0.39 is 0 Å². The van der Waals surface area contributed by atoms with Crippen LogP contribution < -0.4 is 9.47 Å². The fraction of sp³-hybridized carbons (Fsp3) is 0.333. The molecule has 1 aromatic heterocycles. The summed E-state index contributed by atoms with van der Waals surface area (Å²) in [6.45, 7) is 3.31. The summed E-state index contributed by atoms with van der Waals surface area (Å²) >= 11 is 7.60. The molecular formula is C15H15ClN2O2S. The van der Waals surface area contributed by atoms with Gasteiger partial charge in [0.1, 0.15) is 11.0 Å². The number of aryl methyl sites for hydroxylation is 1. The molecule has 1 aliphatic heterocycles. The van der Waals surface area contributed by atoms with Crippen LogP contribution in [0.3, 0.4) is 0 Å². The minimum atomic E-state index is 0.483. The molecule has 0 bridgehead atoms. The van der Waals surface area contributed by atoms with Crippen LogP contribution in [0.2, 0.25) is 5.15 Å². The number of aromatic nitrogens is 2. The Morgan fingerprint density at radius 1 is 1.14 bits per heavy atom. The number of benzene rings is 1. The van der Waals surface area contributed by atoms with E-state index in [1.807, 2.05) is 25.1 Å². The Kier molecular flexibility index (Phi) is 4.51. The average Bonchev–Trinajstić information content (AvgIpc) is 2.68. The van der Waals surface area contributed by atoms with Gasteiger partial charge in [-0.25, -0.2) is 9.97 Å². The van der Waals surface area contributed by atoms with Crippen LogP contribution in [0, 0.1) is 6.92 Å². The summed E-state index contributed by atoms with van der Waals surface area (Å²) in [7, 11) is 0. The maximum absolute atomic E-state index is 5.95. The molecule has 0 N–H and O–H groups in total. The molecule has 2 heterocycles. The van der Waals surface area contributed by atoms with Gasteiger partial charge in [0.2, 0.25) is 0 Å². The van der Waals surface area contributed by atoms with Gasteiger partial charge in [0.15, 0.2) is 11.5 Å². The highest BCUT2D eigenvalue weighted by Gasteiger charge is 2.11. The van der Waals surface area contributed by atoms with Crippen molar-refractivity contribution >= 4 is 23.4 Å². The Morgan fingerprint density at radius 3 is 2.76 bits per heavy atom. The minimum absolute atomic E-state index is 0.483. The Labute approximate surface area is 132 Å². The van der Waals surface area contributed by atoms with Crippen molar-refractivity contribution in [1.29, 1.82) is 0 Å². The number of fused-ring (bicyclic) bond motifs is 1. The molecule has 2 aromatic rings.